The van der Waals surface area contributed by atoms with Crippen molar-refractivity contribution in [3.63, 3.8) is 0 Å². The number of nitrogens with one attached hydrogen (secondary N) is 2. The molecule has 1 fully saturated rings. The number of carbonyl (C=O) groups is 1. The first-order valence-corrected chi connectivity index (χ1v) is 14.3. The van der Waals surface area contributed by atoms with Gasteiger partial charge in [0.15, 0.2) is 17.3 Å². The zero-order valence-corrected chi connectivity index (χ0v) is 23.8. The second kappa shape index (κ2) is 12.3. The molecule has 0 radical (unpaired) electrons. The van der Waals surface area contributed by atoms with Crippen LogP contribution in [-0.2, 0) is 9.47 Å². The van der Waals surface area contributed by atoms with Crippen LogP contribution in [0.1, 0.15) is 21.6 Å². The van der Waals surface area contributed by atoms with Gasteiger partial charge in [0.05, 0.1) is 54.8 Å². The first kappa shape index (κ1) is 28.5. The monoisotopic (exact) mass is 607 g/mol. The maximum atomic E-state index is 14.0. The Balaban J connectivity index is 1.20. The number of aromatic amines is 1. The van der Waals surface area contributed by atoms with E-state index >= 15 is 0 Å². The van der Waals surface area contributed by atoms with Crippen LogP contribution < -0.4 is 20.1 Å². The van der Waals surface area contributed by atoms with Gasteiger partial charge in [-0.25, -0.2) is 9.07 Å². The number of nitrogens with two attached hydrogens (primary N) is 1. The summed E-state index contributed by atoms with van der Waals surface area (Å²) in [5.74, 6) is 0.377. The molecule has 222 valence electrons. The summed E-state index contributed by atoms with van der Waals surface area (Å²) in [6, 6.07) is 16.0. The molecular formula is C30H27F2N5O5S. The van der Waals surface area contributed by atoms with Crippen LogP contribution in [0.3, 0.4) is 0 Å². The Morgan fingerprint density at radius 2 is 2.05 bits per heavy atom. The van der Waals surface area contributed by atoms with Crippen molar-refractivity contribution in [3.8, 4) is 22.9 Å². The predicted octanol–water partition coefficient (Wildman–Crippen LogP) is 6.15. The normalized spacial score (nSPS) is 15.0. The molecule has 1 unspecified atom stereocenters. The summed E-state index contributed by atoms with van der Waals surface area (Å²) >= 11 is 1.33. The van der Waals surface area contributed by atoms with Crippen molar-refractivity contribution < 1.29 is 32.9 Å². The van der Waals surface area contributed by atoms with E-state index in [0.29, 0.717) is 53.6 Å². The fourth-order valence-electron chi connectivity index (χ4n) is 4.72. The van der Waals surface area contributed by atoms with E-state index in [2.05, 4.69) is 19.7 Å². The number of H-pyrrole nitrogens is 1. The van der Waals surface area contributed by atoms with Gasteiger partial charge >= 0.3 is 0 Å². The standard InChI is InChI=1S/C30H27F2N5O5S/c1-17-10-19(41-27-5-3-2-4-22(27)31)6-7-26(17)37-30(33)21(14-34-37)29(38)25-11-18-12-28(42-32)24(13-23(18)35-25)36-43-16-20-15-39-8-9-40-20/h2-7,10-14,20,35-36H,8-9,15-16,33H2,1H3. The van der Waals surface area contributed by atoms with E-state index in [4.69, 9.17) is 19.9 Å². The van der Waals surface area contributed by atoms with Gasteiger partial charge in [-0.05, 0) is 73.0 Å². The molecule has 0 saturated carbocycles. The van der Waals surface area contributed by atoms with Crippen LogP contribution in [0.4, 0.5) is 20.4 Å². The number of rotatable bonds is 10. The molecule has 1 aliphatic rings. The summed E-state index contributed by atoms with van der Waals surface area (Å²) in [5, 5.41) is 4.92. The van der Waals surface area contributed by atoms with E-state index in [9.17, 15) is 13.7 Å². The van der Waals surface area contributed by atoms with Crippen molar-refractivity contribution in [1.82, 2.24) is 14.8 Å². The lowest BCUT2D eigenvalue weighted by Gasteiger charge is -2.22. The van der Waals surface area contributed by atoms with E-state index < -0.39 is 11.6 Å². The molecular weight excluding hydrogens is 580 g/mol. The zero-order chi connectivity index (χ0) is 29.9. The highest BCUT2D eigenvalue weighted by atomic mass is 32.2. The van der Waals surface area contributed by atoms with E-state index in [-0.39, 0.29) is 34.7 Å². The molecule has 0 aliphatic carbocycles. The topological polar surface area (TPSA) is 126 Å². The number of aryl methyl sites for hydroxylation is 1. The van der Waals surface area contributed by atoms with Crippen molar-refractivity contribution in [3.05, 3.63) is 89.5 Å². The molecule has 3 aromatic carbocycles. The smallest absolute Gasteiger partial charge is 0.214 e. The second-order valence-corrected chi connectivity index (χ2v) is 10.7. The van der Waals surface area contributed by atoms with Crippen LogP contribution in [0.25, 0.3) is 16.6 Å². The fourth-order valence-corrected chi connectivity index (χ4v) is 5.50. The SMILES string of the molecule is Cc1cc(Oc2ccccc2F)ccc1-n1ncc(C(=O)c2cc3cc(OF)c(NSCC4COCCO4)cc3[nH]2)c1N. The van der Waals surface area contributed by atoms with Crippen LogP contribution in [0.2, 0.25) is 0 Å². The molecule has 10 nitrogen and oxygen atoms in total. The minimum absolute atomic E-state index is 0.0240. The third-order valence-electron chi connectivity index (χ3n) is 6.90. The van der Waals surface area contributed by atoms with Crippen molar-refractivity contribution >= 4 is 40.1 Å². The molecule has 13 heteroatoms. The third-order valence-corrected chi connectivity index (χ3v) is 7.80. The molecule has 0 bridgehead atoms. The molecule has 6 rings (SSSR count). The highest BCUT2D eigenvalue weighted by molar-refractivity contribution is 8.00. The van der Waals surface area contributed by atoms with Crippen molar-refractivity contribution in [1.29, 1.82) is 0 Å². The highest BCUT2D eigenvalue weighted by Crippen LogP contribution is 2.34. The lowest BCUT2D eigenvalue weighted by molar-refractivity contribution is -0.0776. The van der Waals surface area contributed by atoms with Crippen molar-refractivity contribution in [2.75, 3.05) is 36.0 Å². The number of aromatic nitrogens is 3. The van der Waals surface area contributed by atoms with Gasteiger partial charge in [0.25, 0.3) is 0 Å². The number of ketones is 1. The summed E-state index contributed by atoms with van der Waals surface area (Å²) in [7, 11) is 0. The van der Waals surface area contributed by atoms with E-state index in [1.165, 1.54) is 41.0 Å². The average molecular weight is 608 g/mol. The summed E-state index contributed by atoms with van der Waals surface area (Å²) in [4.78, 5) is 20.6. The molecule has 0 spiro atoms. The van der Waals surface area contributed by atoms with Gasteiger partial charge in [0.1, 0.15) is 11.6 Å². The number of nitrogens with zero attached hydrogens (tertiary/aromatic N) is 2. The molecule has 0 amide bonds. The van der Waals surface area contributed by atoms with Gasteiger partial charge in [-0.1, -0.05) is 12.1 Å². The first-order valence-electron chi connectivity index (χ1n) is 13.4. The minimum atomic E-state index is -0.471. The number of para-hydroxylation sites is 1. The Morgan fingerprint density at radius 1 is 1.19 bits per heavy atom. The van der Waals surface area contributed by atoms with Crippen LogP contribution in [-0.4, -0.2) is 52.2 Å². The van der Waals surface area contributed by atoms with Gasteiger partial charge in [0.2, 0.25) is 5.78 Å². The number of benzene rings is 3. The first-order chi connectivity index (χ1) is 20.9. The van der Waals surface area contributed by atoms with Crippen LogP contribution in [0.5, 0.6) is 17.2 Å². The Hall–Kier alpha value is -4.59. The Labute approximate surface area is 249 Å². The highest BCUT2D eigenvalue weighted by Gasteiger charge is 2.22. The van der Waals surface area contributed by atoms with E-state index in [1.807, 2.05) is 6.92 Å². The lowest BCUT2D eigenvalue weighted by atomic mass is 10.1. The summed E-state index contributed by atoms with van der Waals surface area (Å²) in [6.07, 6.45) is 1.32. The summed E-state index contributed by atoms with van der Waals surface area (Å²) < 4.78 is 48.6. The van der Waals surface area contributed by atoms with E-state index in [0.717, 1.165) is 5.56 Å². The number of anilines is 2. The number of fused-ring (bicyclic) bond motifs is 1. The van der Waals surface area contributed by atoms with Crippen molar-refractivity contribution in [2.45, 2.75) is 13.0 Å². The molecule has 5 aromatic rings. The zero-order valence-electron chi connectivity index (χ0n) is 22.9. The second-order valence-electron chi connectivity index (χ2n) is 9.84. The Morgan fingerprint density at radius 3 is 2.81 bits per heavy atom. The van der Waals surface area contributed by atoms with Crippen LogP contribution in [0.15, 0.2) is 66.9 Å². The average Bonchev–Trinajstić information content (AvgIpc) is 3.61. The molecule has 4 N–H and O–H groups in total. The number of hydrogen-bond acceptors (Lipinski definition) is 9. The Bertz CT molecular complexity index is 1790. The maximum Gasteiger partial charge on any atom is 0.214 e. The lowest BCUT2D eigenvalue weighted by Crippen LogP contribution is -2.30. The largest absolute Gasteiger partial charge is 0.454 e. The molecule has 1 aliphatic heterocycles. The number of carbonyl (C=O) groups excluding carboxylic acids is 1. The van der Waals surface area contributed by atoms with Gasteiger partial charge in [0, 0.05) is 21.2 Å². The van der Waals surface area contributed by atoms with Crippen LogP contribution >= 0.6 is 11.9 Å². The molecule has 1 atom stereocenters. The van der Waals surface area contributed by atoms with Gasteiger partial charge in [-0.2, -0.15) is 5.10 Å². The molecule has 43 heavy (non-hydrogen) atoms. The number of nitrogen functional groups attached to an aromatic ring is 1. The predicted molar refractivity (Wildman–Crippen MR) is 159 cm³/mol. The number of ether oxygens (including phenoxy) is 3. The molecule has 3 heterocycles. The van der Waals surface area contributed by atoms with Gasteiger partial charge in [-0.3, -0.25) is 9.74 Å². The van der Waals surface area contributed by atoms with Gasteiger partial charge < -0.3 is 29.7 Å². The quantitative estimate of drug-likeness (QED) is 0.127. The maximum absolute atomic E-state index is 14.0. The molecule has 1 saturated heterocycles. The van der Waals surface area contributed by atoms with E-state index in [1.54, 1.807) is 42.5 Å². The van der Waals surface area contributed by atoms with Crippen molar-refractivity contribution in [2.24, 2.45) is 0 Å². The number of halogens is 2. The van der Waals surface area contributed by atoms with Gasteiger partial charge in [-0.15, -0.1) is 0 Å². The molecule has 2 aromatic heterocycles. The third kappa shape index (κ3) is 6.00. The Kier molecular flexibility index (Phi) is 8.18. The minimum Gasteiger partial charge on any atom is -0.454 e. The fraction of sp³-hybridized carbons (Fsp3) is 0.200. The number of hydrogen-bond donors (Lipinski definition) is 3. The summed E-state index contributed by atoms with van der Waals surface area (Å²) in [6.45, 7) is 3.44. The van der Waals surface area contributed by atoms with Crippen LogP contribution in [0, 0.1) is 12.7 Å². The summed E-state index contributed by atoms with van der Waals surface area (Å²) in [5.41, 5.74) is 9.17.